The molecular formula is C10H15N3O. The van der Waals surface area contributed by atoms with Crippen LogP contribution in [0, 0.1) is 5.41 Å². The van der Waals surface area contributed by atoms with Crippen LogP contribution in [0.5, 0.6) is 0 Å². The van der Waals surface area contributed by atoms with Crippen molar-refractivity contribution in [3.63, 3.8) is 0 Å². The van der Waals surface area contributed by atoms with Crippen LogP contribution < -0.4 is 10.9 Å². The van der Waals surface area contributed by atoms with Gasteiger partial charge in [0.15, 0.2) is 5.82 Å². The summed E-state index contributed by atoms with van der Waals surface area (Å²) in [5, 5.41) is 3.18. The molecule has 0 aromatic carbocycles. The minimum Gasteiger partial charge on any atom is -0.362 e. The van der Waals surface area contributed by atoms with Crippen LogP contribution in [0.15, 0.2) is 17.2 Å². The lowest BCUT2D eigenvalue weighted by molar-refractivity contribution is 0.159. The van der Waals surface area contributed by atoms with Crippen LogP contribution in [-0.2, 0) is 0 Å². The molecule has 0 aliphatic heterocycles. The van der Waals surface area contributed by atoms with Gasteiger partial charge in [0, 0.05) is 18.4 Å². The third-order valence-electron chi connectivity index (χ3n) is 3.04. The van der Waals surface area contributed by atoms with Gasteiger partial charge in [0.2, 0.25) is 0 Å². The minimum atomic E-state index is -0.143. The molecule has 1 atom stereocenters. The Bertz CT molecular complexity index is 383. The summed E-state index contributed by atoms with van der Waals surface area (Å²) in [6.07, 6.45) is 5.45. The van der Waals surface area contributed by atoms with Crippen molar-refractivity contribution >= 4 is 5.82 Å². The molecule has 1 aromatic heterocycles. The Labute approximate surface area is 82.8 Å². The average Bonchev–Trinajstić information content (AvgIpc) is 2.15. The van der Waals surface area contributed by atoms with Gasteiger partial charge in [0.25, 0.3) is 5.56 Å². The van der Waals surface area contributed by atoms with E-state index >= 15 is 0 Å². The minimum absolute atomic E-state index is 0.143. The van der Waals surface area contributed by atoms with Crippen molar-refractivity contribution in [2.24, 2.45) is 5.41 Å². The summed E-state index contributed by atoms with van der Waals surface area (Å²) in [5.41, 5.74) is 0.138. The van der Waals surface area contributed by atoms with Crippen molar-refractivity contribution in [3.05, 3.63) is 22.7 Å². The summed E-state index contributed by atoms with van der Waals surface area (Å²) in [6.45, 7) is 4.40. The largest absolute Gasteiger partial charge is 0.362 e. The van der Waals surface area contributed by atoms with Gasteiger partial charge in [-0.15, -0.1) is 0 Å². The first-order valence-electron chi connectivity index (χ1n) is 4.90. The van der Waals surface area contributed by atoms with Gasteiger partial charge in [-0.3, -0.25) is 4.79 Å². The number of nitrogens with one attached hydrogen (secondary N) is 2. The number of hydrogen-bond acceptors (Lipinski definition) is 3. The smallest absolute Gasteiger partial charge is 0.290 e. The van der Waals surface area contributed by atoms with Crippen LogP contribution in [-0.4, -0.2) is 16.0 Å². The van der Waals surface area contributed by atoms with Gasteiger partial charge < -0.3 is 10.3 Å². The summed E-state index contributed by atoms with van der Waals surface area (Å²) >= 11 is 0. The fraction of sp³-hybridized carbons (Fsp3) is 0.600. The predicted octanol–water partition coefficient (Wildman–Crippen LogP) is 1.37. The molecule has 4 nitrogen and oxygen atoms in total. The molecule has 1 aliphatic carbocycles. The van der Waals surface area contributed by atoms with Crippen molar-refractivity contribution in [2.45, 2.75) is 32.7 Å². The summed E-state index contributed by atoms with van der Waals surface area (Å²) < 4.78 is 0. The van der Waals surface area contributed by atoms with Crippen molar-refractivity contribution in [2.75, 3.05) is 5.32 Å². The average molecular weight is 193 g/mol. The van der Waals surface area contributed by atoms with E-state index in [1.54, 1.807) is 12.4 Å². The van der Waals surface area contributed by atoms with E-state index < -0.39 is 0 Å². The SMILES string of the molecule is CC1(C)CCC1Nc1ncc[nH]c1=O. The maximum absolute atomic E-state index is 11.3. The Morgan fingerprint density at radius 1 is 1.64 bits per heavy atom. The van der Waals surface area contributed by atoms with Gasteiger partial charge in [-0.25, -0.2) is 4.98 Å². The maximum Gasteiger partial charge on any atom is 0.290 e. The number of hydrogen-bond donors (Lipinski definition) is 2. The molecule has 0 amide bonds. The molecule has 0 saturated heterocycles. The first kappa shape index (κ1) is 9.24. The van der Waals surface area contributed by atoms with Gasteiger partial charge in [-0.05, 0) is 18.3 Å². The molecule has 14 heavy (non-hydrogen) atoms. The molecule has 1 aliphatic rings. The number of anilines is 1. The van der Waals surface area contributed by atoms with E-state index in [9.17, 15) is 4.79 Å². The van der Waals surface area contributed by atoms with E-state index in [-0.39, 0.29) is 11.0 Å². The van der Waals surface area contributed by atoms with E-state index in [4.69, 9.17) is 0 Å². The second-order valence-corrected chi connectivity index (χ2v) is 4.49. The number of rotatable bonds is 2. The van der Waals surface area contributed by atoms with Crippen molar-refractivity contribution in [1.29, 1.82) is 0 Å². The number of H-pyrrole nitrogens is 1. The van der Waals surface area contributed by atoms with E-state index in [1.165, 1.54) is 6.42 Å². The molecule has 1 unspecified atom stereocenters. The number of aromatic nitrogens is 2. The van der Waals surface area contributed by atoms with Gasteiger partial charge in [0.05, 0.1) is 0 Å². The third kappa shape index (κ3) is 1.52. The zero-order valence-corrected chi connectivity index (χ0v) is 8.50. The normalized spacial score (nSPS) is 24.0. The van der Waals surface area contributed by atoms with E-state index in [0.29, 0.717) is 11.9 Å². The molecule has 0 radical (unpaired) electrons. The quantitative estimate of drug-likeness (QED) is 0.745. The molecule has 1 fully saturated rings. The van der Waals surface area contributed by atoms with E-state index in [0.717, 1.165) is 6.42 Å². The topological polar surface area (TPSA) is 57.8 Å². The highest BCUT2D eigenvalue weighted by atomic mass is 16.1. The van der Waals surface area contributed by atoms with Crippen LogP contribution in [0.1, 0.15) is 26.7 Å². The summed E-state index contributed by atoms with van der Waals surface area (Å²) in [6, 6.07) is 0.374. The standard InChI is InChI=1S/C10H15N3O/c1-10(2)4-3-7(10)13-8-9(14)12-6-5-11-8/h5-7H,3-4H2,1-2H3,(H,11,13)(H,12,14). The molecule has 1 aromatic rings. The van der Waals surface area contributed by atoms with Crippen LogP contribution in [0.2, 0.25) is 0 Å². The van der Waals surface area contributed by atoms with E-state index in [1.807, 2.05) is 0 Å². The fourth-order valence-corrected chi connectivity index (χ4v) is 1.75. The lowest BCUT2D eigenvalue weighted by Gasteiger charge is -2.44. The van der Waals surface area contributed by atoms with Crippen LogP contribution >= 0.6 is 0 Å². The molecule has 76 valence electrons. The Morgan fingerprint density at radius 3 is 2.93 bits per heavy atom. The van der Waals surface area contributed by atoms with E-state index in [2.05, 4.69) is 29.1 Å². The highest BCUT2D eigenvalue weighted by Gasteiger charge is 2.38. The predicted molar refractivity (Wildman–Crippen MR) is 55.3 cm³/mol. The monoisotopic (exact) mass is 193 g/mol. The molecule has 0 bridgehead atoms. The lowest BCUT2D eigenvalue weighted by atomic mass is 9.67. The molecule has 1 saturated carbocycles. The van der Waals surface area contributed by atoms with Crippen molar-refractivity contribution in [3.8, 4) is 0 Å². The van der Waals surface area contributed by atoms with Crippen molar-refractivity contribution < 1.29 is 0 Å². The molecule has 0 spiro atoms. The van der Waals surface area contributed by atoms with Gasteiger partial charge >= 0.3 is 0 Å². The number of aromatic amines is 1. The van der Waals surface area contributed by atoms with Crippen LogP contribution in [0.4, 0.5) is 5.82 Å². The summed E-state index contributed by atoms with van der Waals surface area (Å²) in [7, 11) is 0. The fourth-order valence-electron chi connectivity index (χ4n) is 1.75. The molecular weight excluding hydrogens is 178 g/mol. The Hall–Kier alpha value is -1.32. The van der Waals surface area contributed by atoms with Gasteiger partial charge in [-0.1, -0.05) is 13.8 Å². The number of nitrogens with zero attached hydrogens (tertiary/aromatic N) is 1. The highest BCUT2D eigenvalue weighted by Crippen LogP contribution is 2.41. The molecule has 1 heterocycles. The Morgan fingerprint density at radius 2 is 2.43 bits per heavy atom. The van der Waals surface area contributed by atoms with Gasteiger partial charge in [-0.2, -0.15) is 0 Å². The second-order valence-electron chi connectivity index (χ2n) is 4.49. The van der Waals surface area contributed by atoms with Gasteiger partial charge in [0.1, 0.15) is 0 Å². The first-order chi connectivity index (χ1) is 6.59. The lowest BCUT2D eigenvalue weighted by Crippen LogP contribution is -2.46. The Balaban J connectivity index is 2.12. The maximum atomic E-state index is 11.3. The summed E-state index contributed by atoms with van der Waals surface area (Å²) in [5.74, 6) is 0.435. The molecule has 2 N–H and O–H groups in total. The second kappa shape index (κ2) is 3.12. The molecule has 2 rings (SSSR count). The molecule has 4 heteroatoms. The van der Waals surface area contributed by atoms with Crippen LogP contribution in [0.25, 0.3) is 0 Å². The zero-order chi connectivity index (χ0) is 10.2. The Kier molecular flexibility index (Phi) is 2.06. The zero-order valence-electron chi connectivity index (χ0n) is 8.50. The van der Waals surface area contributed by atoms with Crippen molar-refractivity contribution in [1.82, 2.24) is 9.97 Å². The first-order valence-corrected chi connectivity index (χ1v) is 4.90. The summed E-state index contributed by atoms with van der Waals surface area (Å²) in [4.78, 5) is 17.9. The highest BCUT2D eigenvalue weighted by molar-refractivity contribution is 5.33. The third-order valence-corrected chi connectivity index (χ3v) is 3.04. The van der Waals surface area contributed by atoms with Crippen LogP contribution in [0.3, 0.4) is 0 Å².